The molecule has 4 heteroatoms. The highest BCUT2D eigenvalue weighted by atomic mass is 16.3. The van der Waals surface area contributed by atoms with E-state index in [1.165, 1.54) is 12.8 Å². The predicted octanol–water partition coefficient (Wildman–Crippen LogP) is -0.271. The smallest absolute Gasteiger partial charge is 0.0518 e. The normalized spacial score (nSPS) is 19.2. The van der Waals surface area contributed by atoms with E-state index in [0.29, 0.717) is 12.0 Å². The van der Waals surface area contributed by atoms with E-state index in [9.17, 15) is 0 Å². The first kappa shape index (κ1) is 12.9. The Morgan fingerprint density at radius 1 is 1.20 bits per heavy atom. The highest BCUT2D eigenvalue weighted by molar-refractivity contribution is 4.95. The average molecular weight is 217 g/mol. The van der Waals surface area contributed by atoms with Crippen molar-refractivity contribution in [3.8, 4) is 0 Å². The Morgan fingerprint density at radius 3 is 2.20 bits per heavy atom. The summed E-state index contributed by atoms with van der Waals surface area (Å²) < 4.78 is 0. The highest BCUT2D eigenvalue weighted by Gasteiger charge is 2.41. The van der Waals surface area contributed by atoms with Crippen LogP contribution in [0.25, 0.3) is 0 Å². The Morgan fingerprint density at radius 2 is 1.80 bits per heavy atom. The topological polar surface area (TPSA) is 72.7 Å². The molecule has 0 atom stereocenters. The quantitative estimate of drug-likeness (QED) is 0.451. The molecular weight excluding hydrogens is 194 g/mol. The van der Waals surface area contributed by atoms with Crippen LogP contribution in [0.5, 0.6) is 0 Å². The molecule has 0 amide bonds. The molecule has 0 spiro atoms. The lowest BCUT2D eigenvalue weighted by atomic mass is 9.92. The Kier molecular flexibility index (Phi) is 4.52. The van der Waals surface area contributed by atoms with Gasteiger partial charge in [0.1, 0.15) is 0 Å². The molecule has 0 unspecified atom stereocenters. The van der Waals surface area contributed by atoms with Gasteiger partial charge < -0.3 is 20.6 Å². The van der Waals surface area contributed by atoms with Crippen LogP contribution in [0.3, 0.4) is 0 Å². The van der Waals surface area contributed by atoms with Crippen LogP contribution in [0.4, 0.5) is 0 Å². The van der Waals surface area contributed by atoms with Gasteiger partial charge >= 0.3 is 0 Å². The van der Waals surface area contributed by atoms with Gasteiger partial charge in [0.15, 0.2) is 0 Å². The van der Waals surface area contributed by atoms with Gasteiger partial charge in [-0.1, -0.05) is 6.92 Å². The summed E-state index contributed by atoms with van der Waals surface area (Å²) in [5.41, 5.74) is -0.143. The molecule has 0 saturated heterocycles. The molecule has 0 heterocycles. The van der Waals surface area contributed by atoms with E-state index in [1.54, 1.807) is 0 Å². The summed E-state index contributed by atoms with van der Waals surface area (Å²) in [6, 6.07) is 0. The molecule has 1 rings (SSSR count). The van der Waals surface area contributed by atoms with Gasteiger partial charge in [-0.05, 0) is 24.7 Å². The lowest BCUT2D eigenvalue weighted by Gasteiger charge is -2.26. The van der Waals surface area contributed by atoms with Gasteiger partial charge in [-0.25, -0.2) is 0 Å². The maximum Gasteiger partial charge on any atom is 0.0518 e. The number of hydrogen-bond donors (Lipinski definition) is 4. The van der Waals surface area contributed by atoms with Crippen molar-refractivity contribution in [2.24, 2.45) is 10.8 Å². The van der Waals surface area contributed by atoms with Crippen LogP contribution < -0.4 is 5.32 Å². The summed E-state index contributed by atoms with van der Waals surface area (Å²) in [6.45, 7) is 3.58. The van der Waals surface area contributed by atoms with E-state index in [-0.39, 0.29) is 19.8 Å². The Labute approximate surface area is 91.3 Å². The van der Waals surface area contributed by atoms with Crippen LogP contribution in [0.2, 0.25) is 0 Å². The van der Waals surface area contributed by atoms with Crippen LogP contribution in [0, 0.1) is 10.8 Å². The molecule has 15 heavy (non-hydrogen) atoms. The molecule has 0 bridgehead atoms. The third kappa shape index (κ3) is 3.72. The maximum absolute atomic E-state index is 9.09. The number of nitrogens with one attached hydrogen (secondary N) is 1. The van der Waals surface area contributed by atoms with E-state index < -0.39 is 5.41 Å². The Bertz CT molecular complexity index is 188. The van der Waals surface area contributed by atoms with Crippen molar-refractivity contribution in [3.05, 3.63) is 0 Å². The van der Waals surface area contributed by atoms with Crippen molar-refractivity contribution in [2.45, 2.75) is 26.2 Å². The van der Waals surface area contributed by atoms with Gasteiger partial charge in [-0.15, -0.1) is 0 Å². The second-order valence-corrected chi connectivity index (χ2v) is 5.20. The molecule has 1 aliphatic rings. The zero-order valence-electron chi connectivity index (χ0n) is 9.50. The minimum Gasteiger partial charge on any atom is -0.396 e. The largest absolute Gasteiger partial charge is 0.396 e. The SMILES string of the molecule is CC(CO)(CO)CNCC1(CCO)CC1. The van der Waals surface area contributed by atoms with Crippen molar-refractivity contribution in [1.29, 1.82) is 0 Å². The van der Waals surface area contributed by atoms with Crippen molar-refractivity contribution in [2.75, 3.05) is 32.9 Å². The zero-order valence-corrected chi connectivity index (χ0v) is 9.50. The van der Waals surface area contributed by atoms with Crippen molar-refractivity contribution in [3.63, 3.8) is 0 Å². The maximum atomic E-state index is 9.09. The summed E-state index contributed by atoms with van der Waals surface area (Å²) in [5, 5.41) is 30.4. The van der Waals surface area contributed by atoms with E-state index in [4.69, 9.17) is 15.3 Å². The lowest BCUT2D eigenvalue weighted by Crippen LogP contribution is -2.40. The molecule has 90 valence electrons. The molecule has 4 nitrogen and oxygen atoms in total. The lowest BCUT2D eigenvalue weighted by molar-refractivity contribution is 0.0682. The third-order valence-electron chi connectivity index (χ3n) is 3.41. The van der Waals surface area contributed by atoms with Gasteiger partial charge in [0.05, 0.1) is 13.2 Å². The Hall–Kier alpha value is -0.160. The van der Waals surface area contributed by atoms with Crippen LogP contribution in [0.1, 0.15) is 26.2 Å². The molecule has 0 aromatic rings. The first-order chi connectivity index (χ1) is 7.10. The second kappa shape index (κ2) is 5.25. The third-order valence-corrected chi connectivity index (χ3v) is 3.41. The van der Waals surface area contributed by atoms with Gasteiger partial charge in [-0.3, -0.25) is 0 Å². The van der Waals surface area contributed by atoms with Gasteiger partial charge in [0.2, 0.25) is 0 Å². The fraction of sp³-hybridized carbons (Fsp3) is 1.00. The molecule has 0 radical (unpaired) electrons. The second-order valence-electron chi connectivity index (χ2n) is 5.20. The van der Waals surface area contributed by atoms with Crippen molar-refractivity contribution >= 4 is 0 Å². The number of aliphatic hydroxyl groups excluding tert-OH is 3. The fourth-order valence-corrected chi connectivity index (χ4v) is 1.72. The molecule has 0 aromatic carbocycles. The van der Waals surface area contributed by atoms with Gasteiger partial charge in [0, 0.05) is 25.1 Å². The fourth-order valence-electron chi connectivity index (χ4n) is 1.72. The summed E-state index contributed by atoms with van der Waals surface area (Å²) >= 11 is 0. The highest BCUT2D eigenvalue weighted by Crippen LogP contribution is 2.47. The van der Waals surface area contributed by atoms with E-state index in [1.807, 2.05) is 6.92 Å². The first-order valence-corrected chi connectivity index (χ1v) is 5.63. The van der Waals surface area contributed by atoms with Crippen LogP contribution >= 0.6 is 0 Å². The average Bonchev–Trinajstić information content (AvgIpc) is 2.99. The number of rotatable bonds is 8. The van der Waals surface area contributed by atoms with E-state index in [0.717, 1.165) is 13.0 Å². The van der Waals surface area contributed by atoms with Crippen LogP contribution in [-0.4, -0.2) is 48.2 Å². The zero-order chi connectivity index (χ0) is 11.4. The molecular formula is C11H23NO3. The van der Waals surface area contributed by atoms with Gasteiger partial charge in [0.25, 0.3) is 0 Å². The standard InChI is InChI=1S/C11H23NO3/c1-10(8-14,9-15)6-12-7-11(2-3-11)4-5-13/h12-15H,2-9H2,1H3. The summed E-state index contributed by atoms with van der Waals surface area (Å²) in [6.07, 6.45) is 3.21. The number of aliphatic hydroxyl groups is 3. The van der Waals surface area contributed by atoms with Crippen molar-refractivity contribution in [1.82, 2.24) is 5.32 Å². The molecule has 4 N–H and O–H groups in total. The monoisotopic (exact) mass is 217 g/mol. The minimum atomic E-state index is -0.435. The minimum absolute atomic E-state index is 0.0104. The Balaban J connectivity index is 2.21. The molecule has 1 fully saturated rings. The first-order valence-electron chi connectivity index (χ1n) is 5.63. The molecule has 0 aliphatic heterocycles. The summed E-state index contributed by atoms with van der Waals surface area (Å²) in [7, 11) is 0. The molecule has 1 saturated carbocycles. The number of hydrogen-bond acceptors (Lipinski definition) is 4. The van der Waals surface area contributed by atoms with E-state index >= 15 is 0 Å². The van der Waals surface area contributed by atoms with Crippen LogP contribution in [-0.2, 0) is 0 Å². The van der Waals surface area contributed by atoms with Gasteiger partial charge in [-0.2, -0.15) is 0 Å². The molecule has 0 aromatic heterocycles. The van der Waals surface area contributed by atoms with Crippen LogP contribution in [0.15, 0.2) is 0 Å². The van der Waals surface area contributed by atoms with E-state index in [2.05, 4.69) is 5.32 Å². The summed E-state index contributed by atoms with van der Waals surface area (Å²) in [4.78, 5) is 0. The predicted molar refractivity (Wildman–Crippen MR) is 58.5 cm³/mol. The summed E-state index contributed by atoms with van der Waals surface area (Å²) in [5.74, 6) is 0. The van der Waals surface area contributed by atoms with Crippen molar-refractivity contribution < 1.29 is 15.3 Å². The molecule has 1 aliphatic carbocycles.